The van der Waals surface area contributed by atoms with Crippen molar-refractivity contribution in [2.75, 3.05) is 40.0 Å². The maximum atomic E-state index is 14.8. The lowest BCUT2D eigenvalue weighted by Crippen LogP contribution is -2.64. The molecule has 33 heteroatoms. The highest BCUT2D eigenvalue weighted by atomic mass is 16.8. The summed E-state index contributed by atoms with van der Waals surface area (Å²) in [5.41, 5.74) is 7.05. The Morgan fingerprint density at radius 3 is 1.77 bits per heavy atom. The molecule has 0 spiro atoms. The number of esters is 1. The molecule has 100 heavy (non-hydrogen) atoms. The van der Waals surface area contributed by atoms with Gasteiger partial charge in [0.2, 0.25) is 59.1 Å². The molecule has 0 aromatic heterocycles. The highest BCUT2D eigenvalue weighted by Crippen LogP contribution is 2.30. The van der Waals surface area contributed by atoms with E-state index in [2.05, 4.69) is 42.5 Å². The standard InChI is InChI=1S/C67H98N10O23/c1-32(2)25-41-65(95)97-36(9)52(73-46(81)23-22-39-20-15-14-19-38(39)21-16-24-96-67-58(56(87)54(85)44(31-79)99-67)100-66-57(88)55(86)53(84)43(30-78)98-66)63(93)71-40(27-45(68)80)59(89)76-51(35(7)8)64(94)77(10)42(26-37-17-12-11-13-18-37)60(90)75-49(33(3)4)61(91)70-28-47(82)69-29-48(83)74-50(34(5)6)62(92)72-41/h11-23,32-36,40-44,49-58,66-67,78-79,84-88H,24-31H2,1-10H3,(H2,68,80)(H,69,82)(H,70,91)(H,71,93)(H,72,92)(H,73,81)(H,74,83)(H,75,90)(H,76,89)/b21-16+,23-22+/t36-,40-,41+,42+,43-,44-,49-,50-,51+,52-,53-,54-,55+,56+,57-,58-,66+,67-/m1/s1. The molecule has 3 saturated heterocycles. The van der Waals surface area contributed by atoms with Crippen LogP contribution in [-0.4, -0.2) is 255 Å². The third-order valence-electron chi connectivity index (χ3n) is 16.7. The number of aliphatic hydroxyl groups excluding tert-OH is 7. The maximum absolute atomic E-state index is 14.8. The molecule has 33 nitrogen and oxygen atoms in total. The van der Waals surface area contributed by atoms with Gasteiger partial charge >= 0.3 is 5.97 Å². The van der Waals surface area contributed by atoms with Gasteiger partial charge < -0.3 is 113 Å². The van der Waals surface area contributed by atoms with E-state index in [0.29, 0.717) is 16.7 Å². The van der Waals surface area contributed by atoms with Gasteiger partial charge in [-0.3, -0.25) is 47.9 Å². The predicted molar refractivity (Wildman–Crippen MR) is 355 cm³/mol. The number of nitrogens with zero attached hydrogens (tertiary/aromatic N) is 1. The van der Waals surface area contributed by atoms with E-state index in [1.807, 2.05) is 0 Å². The van der Waals surface area contributed by atoms with E-state index in [4.69, 9.17) is 29.4 Å². The second-order valence-electron chi connectivity index (χ2n) is 26.2. The monoisotopic (exact) mass is 1410 g/mol. The normalized spacial score (nSPS) is 30.4. The summed E-state index contributed by atoms with van der Waals surface area (Å²) in [6.07, 6.45) is -14.4. The van der Waals surface area contributed by atoms with Crippen LogP contribution in [0.25, 0.3) is 12.2 Å². The van der Waals surface area contributed by atoms with Crippen molar-refractivity contribution in [2.45, 2.75) is 191 Å². The SMILES string of the molecule is CC(C)C[C@@H]1NC(=O)[C@@H](C(C)C)NC(=O)CNC(=O)CNC(=O)[C@@H](C(C)C)NC(=O)[C@H](Cc2ccccc2)N(C)C(=O)[C@H](C(C)C)NC(=O)[C@@H](CC(N)=O)NC(=O)[C@H](NC(=O)/C=C/c2ccccc2/C=C/CO[C@@H]2O[C@H](CO)[C@@H](O)[C@H](O)[C@H]2O[C@@H]2O[C@H](CO)[C@@H](O)[C@H](O)[C@H]2O)[C@@H](C)OC1=O. The molecule has 3 aliphatic heterocycles. The molecule has 2 aromatic rings. The van der Waals surface area contributed by atoms with Gasteiger partial charge in [-0.25, -0.2) is 4.79 Å². The molecular weight excluding hydrogens is 1310 g/mol. The Balaban J connectivity index is 1.50. The summed E-state index contributed by atoms with van der Waals surface area (Å²) < 4.78 is 28.6. The molecule has 17 N–H and O–H groups in total. The molecule has 0 radical (unpaired) electrons. The number of primary amides is 1. The smallest absolute Gasteiger partial charge is 0.328 e. The molecule has 10 amide bonds. The van der Waals surface area contributed by atoms with Crippen LogP contribution in [0.15, 0.2) is 66.7 Å². The highest BCUT2D eigenvalue weighted by Gasteiger charge is 2.51. The van der Waals surface area contributed by atoms with Crippen molar-refractivity contribution >= 4 is 77.2 Å². The number of carbonyl (C=O) groups excluding carboxylic acids is 11. The van der Waals surface area contributed by atoms with Crippen LogP contribution in [0.2, 0.25) is 0 Å². The van der Waals surface area contributed by atoms with Crippen molar-refractivity contribution in [1.82, 2.24) is 47.4 Å². The van der Waals surface area contributed by atoms with Crippen LogP contribution in [0.5, 0.6) is 0 Å². The summed E-state index contributed by atoms with van der Waals surface area (Å²) in [6.45, 7) is 11.0. The molecule has 0 unspecified atom stereocenters. The topological polar surface area (TPSA) is 501 Å². The molecule has 0 aliphatic carbocycles. The lowest BCUT2D eigenvalue weighted by Gasteiger charge is -2.45. The van der Waals surface area contributed by atoms with Crippen LogP contribution in [0.1, 0.15) is 91.8 Å². The van der Waals surface area contributed by atoms with Crippen LogP contribution in [0.3, 0.4) is 0 Å². The third kappa shape index (κ3) is 23.6. The van der Waals surface area contributed by atoms with Gasteiger partial charge in [-0.1, -0.05) is 122 Å². The predicted octanol–water partition coefficient (Wildman–Crippen LogP) is -4.60. The Kier molecular flexibility index (Phi) is 32.1. The van der Waals surface area contributed by atoms with Crippen LogP contribution < -0.4 is 48.3 Å². The first-order chi connectivity index (χ1) is 47.2. The van der Waals surface area contributed by atoms with Gasteiger partial charge in [-0.15, -0.1) is 0 Å². The number of rotatable bonds is 20. The molecule has 5 rings (SSSR count). The first-order valence-electron chi connectivity index (χ1n) is 33.0. The minimum atomic E-state index is -1.94. The van der Waals surface area contributed by atoms with Gasteiger partial charge in [0, 0.05) is 19.5 Å². The largest absolute Gasteiger partial charge is 0.458 e. The number of nitrogens with one attached hydrogen (secondary N) is 8. The molecule has 3 heterocycles. The molecule has 554 valence electrons. The minimum Gasteiger partial charge on any atom is -0.458 e. The van der Waals surface area contributed by atoms with Crippen molar-refractivity contribution < 1.29 is 112 Å². The van der Waals surface area contributed by atoms with Gasteiger partial charge in [-0.2, -0.15) is 0 Å². The fourth-order valence-corrected chi connectivity index (χ4v) is 11.0. The fourth-order valence-electron chi connectivity index (χ4n) is 11.0. The van der Waals surface area contributed by atoms with E-state index >= 15 is 0 Å². The quantitative estimate of drug-likeness (QED) is 0.0438. The molecular formula is C67H98N10O23. The molecule has 18 atom stereocenters. The molecule has 3 fully saturated rings. The van der Waals surface area contributed by atoms with Crippen molar-refractivity contribution in [2.24, 2.45) is 29.4 Å². The zero-order chi connectivity index (χ0) is 74.4. The Labute approximate surface area is 579 Å². The average Bonchev–Trinajstić information content (AvgIpc) is 0.784. The maximum Gasteiger partial charge on any atom is 0.328 e. The number of likely N-dealkylation sites (N-methyl/N-ethyl adjacent to an activating group) is 1. The lowest BCUT2D eigenvalue weighted by atomic mass is 9.97. The molecule has 3 aliphatic rings. The van der Waals surface area contributed by atoms with E-state index in [1.165, 1.54) is 32.2 Å². The van der Waals surface area contributed by atoms with E-state index in [0.717, 1.165) is 11.0 Å². The van der Waals surface area contributed by atoms with E-state index in [-0.39, 0.29) is 25.4 Å². The average molecular weight is 1410 g/mol. The first kappa shape index (κ1) is 82.3. The van der Waals surface area contributed by atoms with Gasteiger partial charge in [0.05, 0.1) is 39.3 Å². The zero-order valence-corrected chi connectivity index (χ0v) is 57.6. The van der Waals surface area contributed by atoms with Crippen molar-refractivity contribution in [1.29, 1.82) is 0 Å². The van der Waals surface area contributed by atoms with Crippen LogP contribution in [0, 0.1) is 23.7 Å². The van der Waals surface area contributed by atoms with Crippen molar-refractivity contribution in [3.63, 3.8) is 0 Å². The summed E-state index contributed by atoms with van der Waals surface area (Å²) in [7, 11) is 1.30. The number of hydrogen-bond acceptors (Lipinski definition) is 23. The summed E-state index contributed by atoms with van der Waals surface area (Å²) in [4.78, 5) is 155. The molecule has 2 aromatic carbocycles. The fraction of sp³-hybridized carbons (Fsp3) is 0.597. The van der Waals surface area contributed by atoms with Gasteiger partial charge in [0.15, 0.2) is 12.6 Å². The van der Waals surface area contributed by atoms with Gasteiger partial charge in [-0.05, 0) is 59.8 Å². The van der Waals surface area contributed by atoms with Gasteiger partial charge in [0.1, 0.15) is 97.2 Å². The Morgan fingerprint density at radius 1 is 0.630 bits per heavy atom. The summed E-state index contributed by atoms with van der Waals surface area (Å²) >= 11 is 0. The number of nitrogens with two attached hydrogens (primary N) is 1. The number of hydrogen-bond donors (Lipinski definition) is 16. The Morgan fingerprint density at radius 2 is 1.18 bits per heavy atom. The number of aliphatic hydroxyl groups is 7. The third-order valence-corrected chi connectivity index (χ3v) is 16.7. The zero-order valence-electron chi connectivity index (χ0n) is 57.6. The van der Waals surface area contributed by atoms with E-state index in [1.54, 1.807) is 110 Å². The molecule has 0 bridgehead atoms. The van der Waals surface area contributed by atoms with E-state index < -0.39 is 225 Å². The minimum absolute atomic E-state index is 0.0732. The summed E-state index contributed by atoms with van der Waals surface area (Å²) in [6, 6.07) is 4.24. The van der Waals surface area contributed by atoms with Crippen LogP contribution >= 0.6 is 0 Å². The number of amides is 10. The highest BCUT2D eigenvalue weighted by molar-refractivity contribution is 6.00. The second-order valence-corrected chi connectivity index (χ2v) is 26.2. The summed E-state index contributed by atoms with van der Waals surface area (Å²) in [5.74, 6) is -12.9. The number of ether oxygens (including phenoxy) is 5. The number of benzene rings is 2. The number of carbonyl (C=O) groups is 11. The molecule has 0 saturated carbocycles. The van der Waals surface area contributed by atoms with Crippen molar-refractivity contribution in [3.8, 4) is 0 Å². The number of cyclic esters (lactones) is 1. The second kappa shape index (κ2) is 39.0. The van der Waals surface area contributed by atoms with Crippen molar-refractivity contribution in [3.05, 3.63) is 83.4 Å². The van der Waals surface area contributed by atoms with E-state index in [9.17, 15) is 88.5 Å². The Hall–Kier alpha value is -8.35. The van der Waals surface area contributed by atoms with Crippen LogP contribution in [0.4, 0.5) is 0 Å². The lowest BCUT2D eigenvalue weighted by molar-refractivity contribution is -0.366. The summed E-state index contributed by atoms with van der Waals surface area (Å²) in [5, 5.41) is 92.8. The van der Waals surface area contributed by atoms with Crippen LogP contribution in [-0.2, 0) is 82.8 Å². The van der Waals surface area contributed by atoms with Gasteiger partial charge in [0.25, 0.3) is 0 Å². The first-order valence-corrected chi connectivity index (χ1v) is 33.0. The Bertz CT molecular complexity index is 3190.